The molecule has 0 bridgehead atoms. The fraction of sp³-hybridized carbons (Fsp3) is 0.423. The Hall–Kier alpha value is -3.75. The van der Waals surface area contributed by atoms with E-state index >= 15 is 0 Å². The standard InChI is InChI=1S/C26H30N4O5/c27-24(33)19-7-5-12-29(18-19)22(31)15-26(20-8-2-1-3-9-20)16-23(32)30(25(26)34)13-6-14-35-21-10-4-11-28-17-21/h1-4,8-11,17,19H,5-7,12-16,18H2,(H2,27,33)/t19-,26-/m0/s1. The topological polar surface area (TPSA) is 123 Å². The van der Waals surface area contributed by atoms with Crippen LogP contribution in [0.15, 0.2) is 54.9 Å². The summed E-state index contributed by atoms with van der Waals surface area (Å²) in [5.74, 6) is -1.12. The van der Waals surface area contributed by atoms with E-state index in [0.717, 1.165) is 0 Å². The van der Waals surface area contributed by atoms with Crippen molar-refractivity contribution < 1.29 is 23.9 Å². The van der Waals surface area contributed by atoms with Crippen LogP contribution in [0.5, 0.6) is 5.75 Å². The number of carbonyl (C=O) groups excluding carboxylic acids is 4. The third kappa shape index (κ3) is 5.34. The highest BCUT2D eigenvalue weighted by atomic mass is 16.5. The van der Waals surface area contributed by atoms with Gasteiger partial charge in [0.25, 0.3) is 0 Å². The van der Waals surface area contributed by atoms with Gasteiger partial charge in [0, 0.05) is 38.7 Å². The van der Waals surface area contributed by atoms with Gasteiger partial charge < -0.3 is 15.4 Å². The molecule has 1 aromatic heterocycles. The number of rotatable bonds is 9. The molecule has 4 amide bonds. The predicted molar refractivity (Wildman–Crippen MR) is 127 cm³/mol. The van der Waals surface area contributed by atoms with Gasteiger partial charge in [-0.25, -0.2) is 0 Å². The molecule has 2 N–H and O–H groups in total. The third-order valence-electron chi connectivity index (χ3n) is 6.79. The molecule has 0 aliphatic carbocycles. The average Bonchev–Trinajstić information content (AvgIpc) is 3.12. The lowest BCUT2D eigenvalue weighted by Gasteiger charge is -2.34. The minimum absolute atomic E-state index is 0.0713. The minimum Gasteiger partial charge on any atom is -0.492 e. The predicted octanol–water partition coefficient (Wildman–Crippen LogP) is 1.66. The van der Waals surface area contributed by atoms with Crippen LogP contribution in [0.25, 0.3) is 0 Å². The molecule has 3 heterocycles. The quantitative estimate of drug-likeness (QED) is 0.432. The van der Waals surface area contributed by atoms with Crippen molar-refractivity contribution in [1.82, 2.24) is 14.8 Å². The van der Waals surface area contributed by atoms with Gasteiger partial charge in [0.1, 0.15) is 5.75 Å². The first-order valence-corrected chi connectivity index (χ1v) is 11.9. The zero-order chi connectivity index (χ0) is 24.8. The Kier molecular flexibility index (Phi) is 7.43. The van der Waals surface area contributed by atoms with Gasteiger partial charge in [-0.3, -0.25) is 29.1 Å². The molecule has 2 aliphatic heterocycles. The number of nitrogens with zero attached hydrogens (tertiary/aromatic N) is 3. The molecule has 2 atom stereocenters. The number of amides is 4. The first-order chi connectivity index (χ1) is 16.9. The maximum Gasteiger partial charge on any atom is 0.240 e. The number of ether oxygens (including phenoxy) is 1. The van der Waals surface area contributed by atoms with Crippen LogP contribution in [-0.2, 0) is 24.6 Å². The second-order valence-electron chi connectivity index (χ2n) is 9.12. The van der Waals surface area contributed by atoms with Crippen LogP contribution in [0, 0.1) is 5.92 Å². The van der Waals surface area contributed by atoms with E-state index in [2.05, 4.69) is 4.98 Å². The number of imide groups is 1. The van der Waals surface area contributed by atoms with Crippen LogP contribution in [-0.4, -0.2) is 64.7 Å². The lowest BCUT2D eigenvalue weighted by molar-refractivity contribution is -0.143. The molecule has 2 saturated heterocycles. The van der Waals surface area contributed by atoms with Crippen molar-refractivity contribution in [3.63, 3.8) is 0 Å². The minimum atomic E-state index is -1.26. The lowest BCUT2D eigenvalue weighted by atomic mass is 9.75. The van der Waals surface area contributed by atoms with Crippen molar-refractivity contribution in [2.24, 2.45) is 11.7 Å². The molecule has 35 heavy (non-hydrogen) atoms. The Morgan fingerprint density at radius 3 is 2.66 bits per heavy atom. The number of benzene rings is 1. The number of hydrogen-bond acceptors (Lipinski definition) is 6. The smallest absolute Gasteiger partial charge is 0.240 e. The molecule has 2 fully saturated rings. The summed E-state index contributed by atoms with van der Waals surface area (Å²) in [5.41, 5.74) is 4.85. The lowest BCUT2D eigenvalue weighted by Crippen LogP contribution is -2.48. The van der Waals surface area contributed by atoms with Crippen molar-refractivity contribution in [3.05, 3.63) is 60.4 Å². The van der Waals surface area contributed by atoms with E-state index in [9.17, 15) is 19.2 Å². The highest BCUT2D eigenvalue weighted by molar-refractivity contribution is 6.10. The Labute approximate surface area is 204 Å². The molecular formula is C26H30N4O5. The van der Waals surface area contributed by atoms with E-state index in [1.807, 2.05) is 6.07 Å². The molecule has 2 aliphatic rings. The van der Waals surface area contributed by atoms with E-state index in [0.29, 0.717) is 43.7 Å². The van der Waals surface area contributed by atoms with E-state index in [-0.39, 0.29) is 43.7 Å². The monoisotopic (exact) mass is 478 g/mol. The van der Waals surface area contributed by atoms with Gasteiger partial charge in [0.05, 0.1) is 24.1 Å². The van der Waals surface area contributed by atoms with Crippen molar-refractivity contribution in [2.45, 2.75) is 37.5 Å². The molecule has 184 valence electrons. The largest absolute Gasteiger partial charge is 0.492 e. The Morgan fingerprint density at radius 1 is 1.14 bits per heavy atom. The molecule has 2 aromatic rings. The van der Waals surface area contributed by atoms with Crippen LogP contribution in [0.4, 0.5) is 0 Å². The highest BCUT2D eigenvalue weighted by Gasteiger charge is 2.54. The normalized spacial score (nSPS) is 22.3. The van der Waals surface area contributed by atoms with Crippen LogP contribution >= 0.6 is 0 Å². The van der Waals surface area contributed by atoms with E-state index < -0.39 is 17.2 Å². The summed E-state index contributed by atoms with van der Waals surface area (Å²) in [4.78, 5) is 58.6. The van der Waals surface area contributed by atoms with E-state index in [1.165, 1.54) is 4.90 Å². The third-order valence-corrected chi connectivity index (χ3v) is 6.79. The highest BCUT2D eigenvalue weighted by Crippen LogP contribution is 2.40. The molecule has 0 saturated carbocycles. The Balaban J connectivity index is 1.48. The van der Waals surface area contributed by atoms with Gasteiger partial charge in [-0.15, -0.1) is 0 Å². The van der Waals surface area contributed by atoms with Gasteiger partial charge in [0.2, 0.25) is 23.6 Å². The van der Waals surface area contributed by atoms with Crippen LogP contribution < -0.4 is 10.5 Å². The molecule has 0 unspecified atom stereocenters. The van der Waals surface area contributed by atoms with Crippen molar-refractivity contribution >= 4 is 23.6 Å². The molecule has 1 aromatic carbocycles. The number of likely N-dealkylation sites (tertiary alicyclic amines) is 2. The number of primary amides is 1. The number of aromatic nitrogens is 1. The van der Waals surface area contributed by atoms with Crippen molar-refractivity contribution in [2.75, 3.05) is 26.2 Å². The average molecular weight is 479 g/mol. The van der Waals surface area contributed by atoms with Gasteiger partial charge in [-0.1, -0.05) is 30.3 Å². The van der Waals surface area contributed by atoms with E-state index in [4.69, 9.17) is 10.5 Å². The molecule has 0 spiro atoms. The molecule has 4 rings (SSSR count). The number of hydrogen-bond donors (Lipinski definition) is 1. The summed E-state index contributed by atoms with van der Waals surface area (Å²) in [6.45, 7) is 1.28. The maximum absolute atomic E-state index is 13.7. The van der Waals surface area contributed by atoms with Crippen LogP contribution in [0.2, 0.25) is 0 Å². The second-order valence-corrected chi connectivity index (χ2v) is 9.12. The van der Waals surface area contributed by atoms with Gasteiger partial charge in [-0.05, 0) is 37.0 Å². The zero-order valence-corrected chi connectivity index (χ0v) is 19.6. The molecular weight excluding hydrogens is 448 g/mol. The SMILES string of the molecule is NC(=O)[C@H]1CCCN(C(=O)C[C@@]2(c3ccccc3)CC(=O)N(CCCOc3cccnc3)C2=O)C1. The number of carbonyl (C=O) groups is 4. The molecule has 9 nitrogen and oxygen atoms in total. The van der Waals surface area contributed by atoms with Gasteiger partial charge >= 0.3 is 0 Å². The van der Waals surface area contributed by atoms with Gasteiger partial charge in [0.15, 0.2) is 0 Å². The summed E-state index contributed by atoms with van der Waals surface area (Å²) in [7, 11) is 0. The van der Waals surface area contributed by atoms with Crippen LogP contribution in [0.1, 0.15) is 37.7 Å². The maximum atomic E-state index is 13.7. The Bertz CT molecular complexity index is 1080. The fourth-order valence-electron chi connectivity index (χ4n) is 4.90. The summed E-state index contributed by atoms with van der Waals surface area (Å²) in [6, 6.07) is 12.6. The fourth-order valence-corrected chi connectivity index (χ4v) is 4.90. The first kappa shape index (κ1) is 24.4. The summed E-state index contributed by atoms with van der Waals surface area (Å²) in [6.07, 6.45) is 4.83. The van der Waals surface area contributed by atoms with Gasteiger partial charge in [-0.2, -0.15) is 0 Å². The summed E-state index contributed by atoms with van der Waals surface area (Å²) < 4.78 is 5.64. The first-order valence-electron chi connectivity index (χ1n) is 11.9. The van der Waals surface area contributed by atoms with Crippen LogP contribution in [0.3, 0.4) is 0 Å². The van der Waals surface area contributed by atoms with Crippen molar-refractivity contribution in [3.8, 4) is 5.75 Å². The Morgan fingerprint density at radius 2 is 1.94 bits per heavy atom. The number of piperidine rings is 1. The molecule has 0 radical (unpaired) electrons. The summed E-state index contributed by atoms with van der Waals surface area (Å²) >= 11 is 0. The number of nitrogens with two attached hydrogens (primary N) is 1. The number of pyridine rings is 1. The summed E-state index contributed by atoms with van der Waals surface area (Å²) in [5, 5.41) is 0. The second kappa shape index (κ2) is 10.7. The van der Waals surface area contributed by atoms with Crippen molar-refractivity contribution in [1.29, 1.82) is 0 Å². The van der Waals surface area contributed by atoms with E-state index in [1.54, 1.807) is 53.7 Å². The molecule has 9 heteroatoms. The zero-order valence-electron chi connectivity index (χ0n) is 19.6.